The summed E-state index contributed by atoms with van der Waals surface area (Å²) in [6, 6.07) is 80.5. The summed E-state index contributed by atoms with van der Waals surface area (Å²) >= 11 is 0. The number of ether oxygens (including phenoxy) is 1. The Morgan fingerprint density at radius 1 is 0.310 bits per heavy atom. The van der Waals surface area contributed by atoms with Crippen LogP contribution in [0.1, 0.15) is 0 Å². The molecule has 0 aromatic heterocycles. The summed E-state index contributed by atoms with van der Waals surface area (Å²) in [5.41, 5.74) is 14.6. The minimum atomic E-state index is 0.818. The van der Waals surface area contributed by atoms with Crippen LogP contribution in [0.25, 0.3) is 77.2 Å². The molecule has 0 N–H and O–H groups in total. The average molecular weight is 740 g/mol. The van der Waals surface area contributed by atoms with E-state index in [1.807, 2.05) is 0 Å². The maximum absolute atomic E-state index is 7.30. The summed E-state index contributed by atoms with van der Waals surface area (Å²) in [7, 11) is 0. The van der Waals surface area contributed by atoms with Crippen LogP contribution in [-0.4, -0.2) is 0 Å². The van der Waals surface area contributed by atoms with Gasteiger partial charge in [-0.05, 0) is 103 Å². The second-order valence-electron chi connectivity index (χ2n) is 14.9. The van der Waals surface area contributed by atoms with E-state index in [9.17, 15) is 0 Å². The zero-order valence-corrected chi connectivity index (χ0v) is 31.7. The van der Waals surface area contributed by atoms with Crippen molar-refractivity contribution in [2.45, 2.75) is 0 Å². The molecule has 0 radical (unpaired) electrons. The molecule has 1 aliphatic heterocycles. The maximum Gasteiger partial charge on any atom is 0.159 e. The number of fused-ring (bicyclic) bond motifs is 8. The molecule has 2 nitrogen and oxygen atoms in total. The quantitative estimate of drug-likeness (QED) is 0.168. The van der Waals surface area contributed by atoms with Gasteiger partial charge in [0.1, 0.15) is 5.75 Å². The van der Waals surface area contributed by atoms with Gasteiger partial charge in [-0.15, -0.1) is 0 Å². The largest absolute Gasteiger partial charge is 0.454 e. The third-order valence-electron chi connectivity index (χ3n) is 11.5. The van der Waals surface area contributed by atoms with Crippen LogP contribution in [0.5, 0.6) is 11.5 Å². The maximum atomic E-state index is 7.30. The summed E-state index contributed by atoms with van der Waals surface area (Å²) in [4.78, 5) is 2.34. The molecule has 1 aliphatic rings. The first-order valence-corrected chi connectivity index (χ1v) is 19.8. The zero-order valence-electron chi connectivity index (χ0n) is 31.7. The first-order chi connectivity index (χ1) is 28.7. The van der Waals surface area contributed by atoms with Crippen molar-refractivity contribution in [3.63, 3.8) is 0 Å². The Balaban J connectivity index is 1.10. The molecule has 0 bridgehead atoms. The van der Waals surface area contributed by atoms with Crippen molar-refractivity contribution in [1.29, 1.82) is 0 Å². The van der Waals surface area contributed by atoms with Crippen molar-refractivity contribution in [3.8, 4) is 67.1 Å². The van der Waals surface area contributed by atoms with Gasteiger partial charge in [-0.3, -0.25) is 0 Å². The summed E-state index contributed by atoms with van der Waals surface area (Å²) < 4.78 is 7.30. The van der Waals surface area contributed by atoms with E-state index in [2.05, 4.69) is 229 Å². The van der Waals surface area contributed by atoms with Gasteiger partial charge in [0.05, 0.1) is 5.69 Å². The Morgan fingerprint density at radius 2 is 0.862 bits per heavy atom. The first kappa shape index (κ1) is 33.6. The number of para-hydroxylation sites is 1. The topological polar surface area (TPSA) is 12.5 Å². The lowest BCUT2D eigenvalue weighted by Crippen LogP contribution is -2.11. The molecule has 2 heteroatoms. The predicted octanol–water partition coefficient (Wildman–Crippen LogP) is 15.9. The van der Waals surface area contributed by atoms with Crippen LogP contribution in [0.15, 0.2) is 224 Å². The van der Waals surface area contributed by atoms with E-state index in [4.69, 9.17) is 4.74 Å². The molecule has 0 fully saturated rings. The highest BCUT2D eigenvalue weighted by molar-refractivity contribution is 6.08. The molecular weight excluding hydrogens is 703 g/mol. The van der Waals surface area contributed by atoms with Gasteiger partial charge in [-0.2, -0.15) is 0 Å². The van der Waals surface area contributed by atoms with Crippen LogP contribution in [0.2, 0.25) is 0 Å². The SMILES string of the molecule is c1ccc(-c2ccc(-c3ccc4c(c3)-c3c(ccc5ccccc35)-c3cccc(N(c5ccc(-c6ccccc6)cc5)c5ccc6ccccc6c5)c3O4)cc2)cc1. The number of benzene rings is 10. The Kier molecular flexibility index (Phi) is 8.19. The van der Waals surface area contributed by atoms with Crippen LogP contribution in [0.4, 0.5) is 17.1 Å². The molecule has 0 atom stereocenters. The van der Waals surface area contributed by atoms with Crippen LogP contribution < -0.4 is 9.64 Å². The number of rotatable bonds is 6. The van der Waals surface area contributed by atoms with Crippen molar-refractivity contribution >= 4 is 38.6 Å². The molecule has 1 heterocycles. The normalized spacial score (nSPS) is 11.6. The van der Waals surface area contributed by atoms with Gasteiger partial charge in [-0.25, -0.2) is 0 Å². The van der Waals surface area contributed by atoms with E-state index < -0.39 is 0 Å². The number of nitrogens with zero attached hydrogens (tertiary/aromatic N) is 1. The highest BCUT2D eigenvalue weighted by Crippen LogP contribution is 2.54. The second kappa shape index (κ2) is 14.1. The lowest BCUT2D eigenvalue weighted by atomic mass is 9.88. The number of anilines is 3. The van der Waals surface area contributed by atoms with Crippen LogP contribution in [-0.2, 0) is 0 Å². The zero-order chi connectivity index (χ0) is 38.4. The molecule has 0 unspecified atom stereocenters. The average Bonchev–Trinajstić information content (AvgIpc) is 3.45. The molecular formula is C56H37NO. The first-order valence-electron chi connectivity index (χ1n) is 19.8. The van der Waals surface area contributed by atoms with Crippen LogP contribution >= 0.6 is 0 Å². The van der Waals surface area contributed by atoms with E-state index in [1.165, 1.54) is 49.4 Å². The molecule has 0 spiro atoms. The highest BCUT2D eigenvalue weighted by atomic mass is 16.5. The molecule has 0 saturated carbocycles. The monoisotopic (exact) mass is 739 g/mol. The van der Waals surface area contributed by atoms with Crippen molar-refractivity contribution in [2.24, 2.45) is 0 Å². The van der Waals surface area contributed by atoms with E-state index in [0.717, 1.165) is 56.4 Å². The van der Waals surface area contributed by atoms with Crippen molar-refractivity contribution in [3.05, 3.63) is 224 Å². The summed E-state index contributed by atoms with van der Waals surface area (Å²) in [6.07, 6.45) is 0. The van der Waals surface area contributed by atoms with E-state index >= 15 is 0 Å². The number of hydrogen-bond acceptors (Lipinski definition) is 2. The van der Waals surface area contributed by atoms with Crippen LogP contribution in [0.3, 0.4) is 0 Å². The van der Waals surface area contributed by atoms with E-state index in [1.54, 1.807) is 0 Å². The molecule has 11 rings (SSSR count). The van der Waals surface area contributed by atoms with E-state index in [0.29, 0.717) is 0 Å². The Labute approximate surface area is 338 Å². The van der Waals surface area contributed by atoms with Gasteiger partial charge in [-0.1, -0.05) is 182 Å². The molecule has 0 amide bonds. The van der Waals surface area contributed by atoms with Crippen LogP contribution in [0, 0.1) is 0 Å². The van der Waals surface area contributed by atoms with Gasteiger partial charge >= 0.3 is 0 Å². The minimum absolute atomic E-state index is 0.818. The highest BCUT2D eigenvalue weighted by Gasteiger charge is 2.28. The molecule has 272 valence electrons. The van der Waals surface area contributed by atoms with Gasteiger partial charge < -0.3 is 9.64 Å². The second-order valence-corrected chi connectivity index (χ2v) is 14.9. The molecule has 58 heavy (non-hydrogen) atoms. The van der Waals surface area contributed by atoms with Gasteiger partial charge in [0, 0.05) is 28.1 Å². The van der Waals surface area contributed by atoms with Crippen molar-refractivity contribution in [2.75, 3.05) is 4.90 Å². The Hall–Kier alpha value is -7.68. The molecule has 10 aromatic carbocycles. The summed E-state index contributed by atoms with van der Waals surface area (Å²) in [6.45, 7) is 0. The molecule has 0 saturated heterocycles. The summed E-state index contributed by atoms with van der Waals surface area (Å²) in [5, 5.41) is 4.78. The fourth-order valence-electron chi connectivity index (χ4n) is 8.57. The Morgan fingerprint density at radius 3 is 1.59 bits per heavy atom. The van der Waals surface area contributed by atoms with E-state index in [-0.39, 0.29) is 0 Å². The summed E-state index contributed by atoms with van der Waals surface area (Å²) in [5.74, 6) is 1.64. The van der Waals surface area contributed by atoms with Gasteiger partial charge in [0.25, 0.3) is 0 Å². The fraction of sp³-hybridized carbons (Fsp3) is 0. The third kappa shape index (κ3) is 5.91. The standard InChI is InChI=1S/C56H37NO/c1-3-12-38(13-4-1)41-22-24-43(25-23-41)46-30-35-54-52(37-46)55-49-19-10-9-17-44(49)29-34-50(55)51-20-11-21-53(56(51)58-54)57(48-33-28-40-16-7-8-18-45(40)36-48)47-31-26-42(27-32-47)39-14-5-2-6-15-39/h1-37H. The lowest BCUT2D eigenvalue weighted by molar-refractivity contribution is 0.489. The van der Waals surface area contributed by atoms with Crippen molar-refractivity contribution < 1.29 is 4.74 Å². The third-order valence-corrected chi connectivity index (χ3v) is 11.5. The van der Waals surface area contributed by atoms with Gasteiger partial charge in [0.2, 0.25) is 0 Å². The van der Waals surface area contributed by atoms with Gasteiger partial charge in [0.15, 0.2) is 5.75 Å². The molecule has 0 aliphatic carbocycles. The fourth-order valence-corrected chi connectivity index (χ4v) is 8.57. The molecule has 10 aromatic rings. The lowest BCUT2D eigenvalue weighted by Gasteiger charge is -2.28. The minimum Gasteiger partial charge on any atom is -0.454 e. The smallest absolute Gasteiger partial charge is 0.159 e. The van der Waals surface area contributed by atoms with Crippen molar-refractivity contribution in [1.82, 2.24) is 0 Å². The Bertz CT molecular complexity index is 3110. The predicted molar refractivity (Wildman–Crippen MR) is 243 cm³/mol. The number of hydrogen-bond donors (Lipinski definition) is 0.